The number of carbonyl (C=O) groups excluding carboxylic acids is 2. The molecule has 10 nitrogen and oxygen atoms in total. The van der Waals surface area contributed by atoms with Crippen LogP contribution < -0.4 is 0 Å². The van der Waals surface area contributed by atoms with E-state index in [1.54, 1.807) is 56.3 Å². The fourth-order valence-electron chi connectivity index (χ4n) is 3.87. The van der Waals surface area contributed by atoms with E-state index in [1.165, 1.54) is 6.33 Å². The Labute approximate surface area is 230 Å². The fraction of sp³-hybridized carbons (Fsp3) is 0.133. The lowest BCUT2D eigenvalue weighted by Crippen LogP contribution is -2.07. The smallest absolute Gasteiger partial charge is 0.356 e. The van der Waals surface area contributed by atoms with Gasteiger partial charge in [0.1, 0.15) is 17.7 Å². The topological polar surface area (TPSA) is 130 Å². The molecule has 0 fully saturated rings. The average molecular weight is 533 g/mol. The Bertz CT molecular complexity index is 1570. The van der Waals surface area contributed by atoms with Gasteiger partial charge in [0.25, 0.3) is 0 Å². The standard InChI is InChI=1S/C30H24N6O4/c1-3-39-29(37)25-15-7-11-21(35-25)19-9-5-13-23(33-19)27-17-28(32-18-31-27)24-14-6-10-20(34-24)22-12-8-16-26(36-22)30(38)40-4-2/h5-18H,3-4H2,1-2H3. The molecule has 0 bridgehead atoms. The van der Waals surface area contributed by atoms with Gasteiger partial charge in [-0.05, 0) is 68.4 Å². The third-order valence-corrected chi connectivity index (χ3v) is 5.68. The van der Waals surface area contributed by atoms with E-state index in [0.29, 0.717) is 45.6 Å². The Morgan fingerprint density at radius 2 is 0.875 bits per heavy atom. The number of hydrogen-bond donors (Lipinski definition) is 0. The first kappa shape index (κ1) is 26.2. The van der Waals surface area contributed by atoms with E-state index in [0.717, 1.165) is 0 Å². The first-order chi connectivity index (χ1) is 19.6. The molecule has 0 aliphatic heterocycles. The lowest BCUT2D eigenvalue weighted by Gasteiger charge is -2.08. The van der Waals surface area contributed by atoms with Crippen LogP contribution in [0, 0.1) is 0 Å². The van der Waals surface area contributed by atoms with Gasteiger partial charge < -0.3 is 9.47 Å². The molecule has 0 saturated carbocycles. The summed E-state index contributed by atoms with van der Waals surface area (Å²) < 4.78 is 10.1. The van der Waals surface area contributed by atoms with E-state index in [2.05, 4.69) is 19.9 Å². The van der Waals surface area contributed by atoms with Gasteiger partial charge in [-0.1, -0.05) is 24.3 Å². The molecule has 5 aromatic rings. The van der Waals surface area contributed by atoms with Crippen molar-refractivity contribution in [3.05, 3.63) is 96.6 Å². The predicted molar refractivity (Wildman–Crippen MR) is 147 cm³/mol. The zero-order chi connectivity index (χ0) is 27.9. The van der Waals surface area contributed by atoms with Gasteiger partial charge in [-0.3, -0.25) is 0 Å². The Balaban J connectivity index is 1.44. The highest BCUT2D eigenvalue weighted by molar-refractivity contribution is 5.88. The molecule has 0 radical (unpaired) electrons. The van der Waals surface area contributed by atoms with Gasteiger partial charge in [-0.2, -0.15) is 0 Å². The van der Waals surface area contributed by atoms with E-state index >= 15 is 0 Å². The van der Waals surface area contributed by atoms with Crippen LogP contribution in [-0.2, 0) is 9.47 Å². The van der Waals surface area contributed by atoms with Crippen molar-refractivity contribution in [2.45, 2.75) is 13.8 Å². The number of ether oxygens (including phenoxy) is 2. The van der Waals surface area contributed by atoms with Crippen LogP contribution in [0.4, 0.5) is 0 Å². The van der Waals surface area contributed by atoms with Crippen molar-refractivity contribution < 1.29 is 19.1 Å². The summed E-state index contributed by atoms with van der Waals surface area (Å²) in [7, 11) is 0. The molecule has 0 amide bonds. The third-order valence-electron chi connectivity index (χ3n) is 5.68. The molecule has 0 aliphatic rings. The van der Waals surface area contributed by atoms with Crippen LogP contribution in [0.2, 0.25) is 0 Å². The maximum Gasteiger partial charge on any atom is 0.356 e. The van der Waals surface area contributed by atoms with Gasteiger partial charge in [0.05, 0.1) is 58.8 Å². The summed E-state index contributed by atoms with van der Waals surface area (Å²) in [5.41, 5.74) is 5.03. The molecule has 0 aromatic carbocycles. The van der Waals surface area contributed by atoms with Crippen LogP contribution in [0.15, 0.2) is 85.2 Å². The number of pyridine rings is 4. The zero-order valence-corrected chi connectivity index (χ0v) is 21.8. The van der Waals surface area contributed by atoms with E-state index < -0.39 is 11.9 Å². The maximum absolute atomic E-state index is 12.1. The van der Waals surface area contributed by atoms with Crippen molar-refractivity contribution in [1.82, 2.24) is 29.9 Å². The highest BCUT2D eigenvalue weighted by atomic mass is 16.5. The number of aromatic nitrogens is 6. The lowest BCUT2D eigenvalue weighted by molar-refractivity contribution is 0.0510. The molecule has 0 saturated heterocycles. The van der Waals surface area contributed by atoms with Gasteiger partial charge in [0, 0.05) is 0 Å². The lowest BCUT2D eigenvalue weighted by atomic mass is 10.1. The molecule has 0 N–H and O–H groups in total. The van der Waals surface area contributed by atoms with E-state index in [-0.39, 0.29) is 24.6 Å². The summed E-state index contributed by atoms with van der Waals surface area (Å²) in [6, 6.07) is 23.0. The van der Waals surface area contributed by atoms with Crippen LogP contribution in [-0.4, -0.2) is 55.1 Å². The second kappa shape index (κ2) is 12.0. The molecule has 10 heteroatoms. The average Bonchev–Trinajstić information content (AvgIpc) is 3.01. The first-order valence-corrected chi connectivity index (χ1v) is 12.6. The quantitative estimate of drug-likeness (QED) is 0.249. The Morgan fingerprint density at radius 1 is 0.525 bits per heavy atom. The van der Waals surface area contributed by atoms with Gasteiger partial charge in [0.2, 0.25) is 0 Å². The van der Waals surface area contributed by atoms with Gasteiger partial charge >= 0.3 is 11.9 Å². The number of hydrogen-bond acceptors (Lipinski definition) is 10. The fourth-order valence-corrected chi connectivity index (χ4v) is 3.87. The minimum absolute atomic E-state index is 0.212. The van der Waals surface area contributed by atoms with Crippen LogP contribution in [0.25, 0.3) is 45.6 Å². The largest absolute Gasteiger partial charge is 0.461 e. The molecule has 0 atom stereocenters. The van der Waals surface area contributed by atoms with Crippen LogP contribution in [0.3, 0.4) is 0 Å². The molecule has 0 spiro atoms. The molecule has 5 heterocycles. The van der Waals surface area contributed by atoms with Crippen molar-refractivity contribution in [2.75, 3.05) is 13.2 Å². The molecule has 0 aliphatic carbocycles. The number of nitrogens with zero attached hydrogens (tertiary/aromatic N) is 6. The summed E-state index contributed by atoms with van der Waals surface area (Å²) in [6.07, 6.45) is 1.45. The van der Waals surface area contributed by atoms with Crippen molar-refractivity contribution in [3.8, 4) is 45.6 Å². The highest BCUT2D eigenvalue weighted by Crippen LogP contribution is 2.25. The summed E-state index contributed by atoms with van der Waals surface area (Å²) in [5.74, 6) is -0.975. The Morgan fingerprint density at radius 3 is 1.27 bits per heavy atom. The summed E-state index contributed by atoms with van der Waals surface area (Å²) in [5, 5.41) is 0. The van der Waals surface area contributed by atoms with Crippen LogP contribution in [0.1, 0.15) is 34.8 Å². The van der Waals surface area contributed by atoms with Gasteiger partial charge in [-0.15, -0.1) is 0 Å². The van der Waals surface area contributed by atoms with Crippen molar-refractivity contribution in [1.29, 1.82) is 0 Å². The molecule has 40 heavy (non-hydrogen) atoms. The predicted octanol–water partition coefficient (Wildman–Crippen LogP) is 5.08. The highest BCUT2D eigenvalue weighted by Gasteiger charge is 2.14. The monoisotopic (exact) mass is 532 g/mol. The van der Waals surface area contributed by atoms with Crippen LogP contribution >= 0.6 is 0 Å². The maximum atomic E-state index is 12.1. The Kier molecular flexibility index (Phi) is 7.87. The molecule has 5 rings (SSSR count). The molecule has 0 unspecified atom stereocenters. The summed E-state index contributed by atoms with van der Waals surface area (Å²) in [6.45, 7) is 4.02. The summed E-state index contributed by atoms with van der Waals surface area (Å²) >= 11 is 0. The number of carbonyl (C=O) groups is 2. The summed E-state index contributed by atoms with van der Waals surface area (Å²) in [4.78, 5) is 51.3. The van der Waals surface area contributed by atoms with Crippen LogP contribution in [0.5, 0.6) is 0 Å². The van der Waals surface area contributed by atoms with Crippen molar-refractivity contribution in [2.24, 2.45) is 0 Å². The molecular weight excluding hydrogens is 508 g/mol. The first-order valence-electron chi connectivity index (χ1n) is 12.6. The Hall–Kier alpha value is -5.38. The second-order valence-electron chi connectivity index (χ2n) is 8.36. The minimum atomic E-state index is -0.488. The van der Waals surface area contributed by atoms with E-state index in [1.807, 2.05) is 36.4 Å². The molecule has 198 valence electrons. The molecule has 5 aromatic heterocycles. The normalized spacial score (nSPS) is 10.7. The second-order valence-corrected chi connectivity index (χ2v) is 8.36. The zero-order valence-electron chi connectivity index (χ0n) is 21.8. The van der Waals surface area contributed by atoms with Crippen molar-refractivity contribution in [3.63, 3.8) is 0 Å². The minimum Gasteiger partial charge on any atom is -0.461 e. The van der Waals surface area contributed by atoms with Gasteiger partial charge in [-0.25, -0.2) is 39.5 Å². The van der Waals surface area contributed by atoms with E-state index in [4.69, 9.17) is 19.4 Å². The third kappa shape index (κ3) is 5.86. The number of esters is 2. The van der Waals surface area contributed by atoms with Crippen molar-refractivity contribution >= 4 is 11.9 Å². The van der Waals surface area contributed by atoms with E-state index in [9.17, 15) is 9.59 Å². The number of rotatable bonds is 8. The molecular formula is C30H24N6O4. The SMILES string of the molecule is CCOC(=O)c1cccc(-c2cccc(-c3cc(-c4cccc(-c5cccc(C(=O)OCC)n5)n4)ncn3)n2)n1. The van der Waals surface area contributed by atoms with Gasteiger partial charge in [0.15, 0.2) is 0 Å².